The third-order valence-corrected chi connectivity index (χ3v) is 4.38. The van der Waals surface area contributed by atoms with E-state index in [1.807, 2.05) is 0 Å². The first-order valence-corrected chi connectivity index (χ1v) is 6.87. The van der Waals surface area contributed by atoms with Gasteiger partial charge in [-0.15, -0.1) is 0 Å². The van der Waals surface area contributed by atoms with Crippen molar-refractivity contribution in [1.29, 1.82) is 0 Å². The first-order valence-electron chi connectivity index (χ1n) is 6.87. The Labute approximate surface area is 99.7 Å². The van der Waals surface area contributed by atoms with Crippen LogP contribution in [0.1, 0.15) is 51.9 Å². The Hall–Kier alpha value is -0.340. The zero-order chi connectivity index (χ0) is 11.4. The lowest BCUT2D eigenvalue weighted by atomic mass is 9.88. The Bertz CT molecular complexity index is 241. The summed E-state index contributed by atoms with van der Waals surface area (Å²) in [6, 6.07) is 0.650. The summed E-state index contributed by atoms with van der Waals surface area (Å²) >= 11 is 0. The van der Waals surface area contributed by atoms with Crippen molar-refractivity contribution in [2.75, 3.05) is 6.54 Å². The standard InChI is InChI=1S/C14H26N2/c1-12-5-4-9-14(11-15,10-8-12)16-13-6-2-3-7-13/h2-3,12-13,16H,4-11,15H2,1H3. The summed E-state index contributed by atoms with van der Waals surface area (Å²) in [5.41, 5.74) is 6.29. The molecule has 0 bridgehead atoms. The Kier molecular flexibility index (Phi) is 4.04. The number of nitrogens with two attached hydrogens (primary N) is 1. The SMILES string of the molecule is CC1CCCC(CN)(NC2CC=CC2)CC1. The van der Waals surface area contributed by atoms with Crippen molar-refractivity contribution in [3.63, 3.8) is 0 Å². The molecule has 16 heavy (non-hydrogen) atoms. The Morgan fingerprint density at radius 3 is 2.69 bits per heavy atom. The van der Waals surface area contributed by atoms with Gasteiger partial charge in [0.05, 0.1) is 0 Å². The summed E-state index contributed by atoms with van der Waals surface area (Å²) in [4.78, 5) is 0. The molecule has 2 rings (SSSR count). The molecule has 0 aromatic rings. The monoisotopic (exact) mass is 222 g/mol. The topological polar surface area (TPSA) is 38.0 Å². The normalized spacial score (nSPS) is 36.5. The predicted octanol–water partition coefficient (Wildman–Crippen LogP) is 2.59. The van der Waals surface area contributed by atoms with E-state index in [4.69, 9.17) is 5.73 Å². The average molecular weight is 222 g/mol. The van der Waals surface area contributed by atoms with Gasteiger partial charge in [-0.3, -0.25) is 0 Å². The van der Waals surface area contributed by atoms with E-state index in [0.29, 0.717) is 6.04 Å². The summed E-state index contributed by atoms with van der Waals surface area (Å²) in [5, 5.41) is 3.85. The number of hydrogen-bond acceptors (Lipinski definition) is 2. The number of rotatable bonds is 3. The van der Waals surface area contributed by atoms with Crippen LogP contribution in [0.5, 0.6) is 0 Å². The molecule has 0 heterocycles. The summed E-state index contributed by atoms with van der Waals surface area (Å²) in [7, 11) is 0. The van der Waals surface area contributed by atoms with Gasteiger partial charge in [0.15, 0.2) is 0 Å². The Morgan fingerprint density at radius 1 is 1.25 bits per heavy atom. The highest BCUT2D eigenvalue weighted by molar-refractivity contribution is 5.02. The van der Waals surface area contributed by atoms with Crippen LogP contribution in [-0.4, -0.2) is 18.1 Å². The summed E-state index contributed by atoms with van der Waals surface area (Å²) < 4.78 is 0. The molecule has 2 aliphatic rings. The minimum absolute atomic E-state index is 0.238. The van der Waals surface area contributed by atoms with Crippen molar-refractivity contribution in [3.05, 3.63) is 12.2 Å². The lowest BCUT2D eigenvalue weighted by Crippen LogP contribution is -2.54. The quantitative estimate of drug-likeness (QED) is 0.569. The van der Waals surface area contributed by atoms with Gasteiger partial charge >= 0.3 is 0 Å². The van der Waals surface area contributed by atoms with E-state index in [-0.39, 0.29) is 5.54 Å². The first-order chi connectivity index (χ1) is 7.74. The smallest absolute Gasteiger partial charge is 0.0306 e. The molecule has 2 aliphatic carbocycles. The minimum atomic E-state index is 0.238. The molecule has 2 atom stereocenters. The van der Waals surface area contributed by atoms with Crippen molar-refractivity contribution in [2.24, 2.45) is 11.7 Å². The predicted molar refractivity (Wildman–Crippen MR) is 69.3 cm³/mol. The molecule has 0 aliphatic heterocycles. The van der Waals surface area contributed by atoms with Gasteiger partial charge in [-0.2, -0.15) is 0 Å². The molecule has 0 spiro atoms. The van der Waals surface area contributed by atoms with E-state index < -0.39 is 0 Å². The van der Waals surface area contributed by atoms with Crippen LogP contribution in [0.2, 0.25) is 0 Å². The molecule has 2 nitrogen and oxygen atoms in total. The molecular formula is C14H26N2. The van der Waals surface area contributed by atoms with E-state index in [0.717, 1.165) is 12.5 Å². The summed E-state index contributed by atoms with van der Waals surface area (Å²) in [6.45, 7) is 3.18. The fourth-order valence-electron chi connectivity index (χ4n) is 3.16. The third-order valence-electron chi connectivity index (χ3n) is 4.38. The molecule has 1 saturated carbocycles. The van der Waals surface area contributed by atoms with Crippen LogP contribution < -0.4 is 11.1 Å². The maximum Gasteiger partial charge on any atom is 0.0306 e. The molecule has 1 fully saturated rings. The van der Waals surface area contributed by atoms with Crippen molar-refractivity contribution in [2.45, 2.75) is 63.5 Å². The van der Waals surface area contributed by atoms with Crippen LogP contribution >= 0.6 is 0 Å². The van der Waals surface area contributed by atoms with Crippen LogP contribution in [0.3, 0.4) is 0 Å². The van der Waals surface area contributed by atoms with E-state index in [1.54, 1.807) is 0 Å². The van der Waals surface area contributed by atoms with E-state index in [9.17, 15) is 0 Å². The number of hydrogen-bond donors (Lipinski definition) is 2. The Morgan fingerprint density at radius 2 is 2.00 bits per heavy atom. The van der Waals surface area contributed by atoms with Gasteiger partial charge in [0.2, 0.25) is 0 Å². The molecule has 3 N–H and O–H groups in total. The molecule has 2 unspecified atom stereocenters. The van der Waals surface area contributed by atoms with Gasteiger partial charge in [-0.25, -0.2) is 0 Å². The fraction of sp³-hybridized carbons (Fsp3) is 0.857. The summed E-state index contributed by atoms with van der Waals surface area (Å²) in [5.74, 6) is 0.886. The van der Waals surface area contributed by atoms with Gasteiger partial charge in [-0.1, -0.05) is 31.9 Å². The van der Waals surface area contributed by atoms with Crippen LogP contribution in [0.15, 0.2) is 12.2 Å². The van der Waals surface area contributed by atoms with Crippen molar-refractivity contribution < 1.29 is 0 Å². The molecule has 0 aromatic heterocycles. The molecule has 0 radical (unpaired) electrons. The van der Waals surface area contributed by atoms with E-state index >= 15 is 0 Å². The molecule has 92 valence electrons. The molecular weight excluding hydrogens is 196 g/mol. The zero-order valence-corrected chi connectivity index (χ0v) is 10.5. The lowest BCUT2D eigenvalue weighted by Gasteiger charge is -2.36. The second kappa shape index (κ2) is 5.33. The van der Waals surface area contributed by atoms with Gasteiger partial charge in [0, 0.05) is 18.1 Å². The lowest BCUT2D eigenvalue weighted by molar-refractivity contribution is 0.258. The zero-order valence-electron chi connectivity index (χ0n) is 10.5. The van der Waals surface area contributed by atoms with Crippen LogP contribution in [0.4, 0.5) is 0 Å². The van der Waals surface area contributed by atoms with Crippen molar-refractivity contribution >= 4 is 0 Å². The van der Waals surface area contributed by atoms with Crippen LogP contribution in [-0.2, 0) is 0 Å². The largest absolute Gasteiger partial charge is 0.329 e. The molecule has 2 heteroatoms. The summed E-state index contributed by atoms with van der Waals surface area (Å²) in [6.07, 6.45) is 13.6. The van der Waals surface area contributed by atoms with Gasteiger partial charge in [0.1, 0.15) is 0 Å². The second-order valence-corrected chi connectivity index (χ2v) is 5.80. The highest BCUT2D eigenvalue weighted by Gasteiger charge is 2.32. The van der Waals surface area contributed by atoms with Crippen molar-refractivity contribution in [3.8, 4) is 0 Å². The van der Waals surface area contributed by atoms with Gasteiger partial charge < -0.3 is 11.1 Å². The average Bonchev–Trinajstić information content (AvgIpc) is 2.71. The minimum Gasteiger partial charge on any atom is -0.329 e. The highest BCUT2D eigenvalue weighted by atomic mass is 15.0. The van der Waals surface area contributed by atoms with E-state index in [1.165, 1.54) is 44.9 Å². The third kappa shape index (κ3) is 2.86. The second-order valence-electron chi connectivity index (χ2n) is 5.80. The fourth-order valence-corrected chi connectivity index (χ4v) is 3.16. The maximum absolute atomic E-state index is 6.05. The first kappa shape index (κ1) is 12.1. The van der Waals surface area contributed by atoms with Crippen LogP contribution in [0, 0.1) is 5.92 Å². The molecule has 0 amide bonds. The maximum atomic E-state index is 6.05. The molecule has 0 saturated heterocycles. The van der Waals surface area contributed by atoms with Gasteiger partial charge in [-0.05, 0) is 38.0 Å². The van der Waals surface area contributed by atoms with Gasteiger partial charge in [0.25, 0.3) is 0 Å². The molecule has 0 aromatic carbocycles. The Balaban J connectivity index is 1.94. The van der Waals surface area contributed by atoms with E-state index in [2.05, 4.69) is 24.4 Å². The van der Waals surface area contributed by atoms with Crippen molar-refractivity contribution in [1.82, 2.24) is 5.32 Å². The number of nitrogens with one attached hydrogen (secondary N) is 1. The highest BCUT2D eigenvalue weighted by Crippen LogP contribution is 2.31. The van der Waals surface area contributed by atoms with Crippen LogP contribution in [0.25, 0.3) is 0 Å².